The summed E-state index contributed by atoms with van der Waals surface area (Å²) in [5.74, 6) is 1.18. The summed E-state index contributed by atoms with van der Waals surface area (Å²) in [6.07, 6.45) is 5.73. The standard InChI is InChI=1S/C27H25ClN6O2S/c1-3-24(35)31-19-11-10-18(15-22(19)36-2)34-26(25(32-27(34)37)20-7-4-5-13-29-20)21-8-6-14-33(21)23-12-9-17(28)16-30-23/h4-16,25-26H,3H2,1-2H3,(H,31,35)(H,32,37)/t25-,26-/m1/s1. The molecule has 188 valence electrons. The molecule has 0 bridgehead atoms. The van der Waals surface area contributed by atoms with Crippen molar-refractivity contribution in [2.75, 3.05) is 17.3 Å². The SMILES string of the molecule is CCC(=O)Nc1ccc(N2C(=S)N[C@H](c3ccccn3)[C@H]2c2cccn2-c2ccc(Cl)cn2)cc1OC. The van der Waals surface area contributed by atoms with E-state index in [4.69, 9.17) is 28.6 Å². The number of nitrogens with one attached hydrogen (secondary N) is 2. The highest BCUT2D eigenvalue weighted by molar-refractivity contribution is 7.80. The van der Waals surface area contributed by atoms with Gasteiger partial charge in [0.05, 0.1) is 29.6 Å². The van der Waals surface area contributed by atoms with Crippen molar-refractivity contribution in [3.05, 3.63) is 95.7 Å². The summed E-state index contributed by atoms with van der Waals surface area (Å²) in [6, 6.07) is 18.7. The van der Waals surface area contributed by atoms with Crippen molar-refractivity contribution >= 4 is 46.2 Å². The summed E-state index contributed by atoms with van der Waals surface area (Å²) in [5, 5.41) is 7.46. The Hall–Kier alpha value is -3.95. The van der Waals surface area contributed by atoms with Crippen LogP contribution in [0.5, 0.6) is 5.75 Å². The monoisotopic (exact) mass is 532 g/mol. The molecule has 1 saturated heterocycles. The lowest BCUT2D eigenvalue weighted by atomic mass is 10.0. The lowest BCUT2D eigenvalue weighted by Crippen LogP contribution is -2.30. The highest BCUT2D eigenvalue weighted by Crippen LogP contribution is 2.43. The molecule has 0 saturated carbocycles. The number of methoxy groups -OCH3 is 1. The van der Waals surface area contributed by atoms with Gasteiger partial charge in [0.2, 0.25) is 5.91 Å². The highest BCUT2D eigenvalue weighted by Gasteiger charge is 2.42. The predicted molar refractivity (Wildman–Crippen MR) is 148 cm³/mol. The van der Waals surface area contributed by atoms with Crippen molar-refractivity contribution in [1.82, 2.24) is 19.9 Å². The van der Waals surface area contributed by atoms with Gasteiger partial charge in [-0.3, -0.25) is 9.78 Å². The first-order valence-electron chi connectivity index (χ1n) is 11.8. The number of carbonyl (C=O) groups is 1. The molecule has 0 radical (unpaired) electrons. The first kappa shape index (κ1) is 24.7. The number of hydrogen-bond donors (Lipinski definition) is 2. The topological polar surface area (TPSA) is 84.3 Å². The number of nitrogens with zero attached hydrogens (tertiary/aromatic N) is 4. The molecule has 1 aliphatic rings. The number of benzene rings is 1. The zero-order valence-electron chi connectivity index (χ0n) is 20.3. The van der Waals surface area contributed by atoms with Crippen LogP contribution in [-0.2, 0) is 4.79 Å². The molecule has 3 aromatic heterocycles. The maximum absolute atomic E-state index is 12.0. The normalized spacial score (nSPS) is 16.9. The number of halogens is 1. The van der Waals surface area contributed by atoms with Gasteiger partial charge >= 0.3 is 0 Å². The van der Waals surface area contributed by atoms with Crippen molar-refractivity contribution in [1.29, 1.82) is 0 Å². The van der Waals surface area contributed by atoms with E-state index >= 15 is 0 Å². The third kappa shape index (κ3) is 4.87. The van der Waals surface area contributed by atoms with Crippen LogP contribution in [0.3, 0.4) is 0 Å². The van der Waals surface area contributed by atoms with Crippen molar-refractivity contribution in [2.24, 2.45) is 0 Å². The number of anilines is 2. The van der Waals surface area contributed by atoms with Gasteiger partial charge in [0, 0.05) is 42.5 Å². The van der Waals surface area contributed by atoms with E-state index in [0.29, 0.717) is 28.0 Å². The van der Waals surface area contributed by atoms with Gasteiger partial charge in [-0.15, -0.1) is 0 Å². The quantitative estimate of drug-likeness (QED) is 0.306. The average Bonchev–Trinajstić information content (AvgIpc) is 3.54. The molecule has 10 heteroatoms. The smallest absolute Gasteiger partial charge is 0.224 e. The second-order valence-electron chi connectivity index (χ2n) is 8.42. The van der Waals surface area contributed by atoms with Crippen molar-refractivity contribution < 1.29 is 9.53 Å². The molecule has 8 nitrogen and oxygen atoms in total. The molecule has 0 aliphatic carbocycles. The number of ether oxygens (including phenoxy) is 1. The minimum Gasteiger partial charge on any atom is -0.494 e. The van der Waals surface area contributed by atoms with Crippen LogP contribution in [0.2, 0.25) is 5.02 Å². The van der Waals surface area contributed by atoms with Crippen molar-refractivity contribution in [3.8, 4) is 11.6 Å². The number of hydrogen-bond acceptors (Lipinski definition) is 5. The zero-order valence-corrected chi connectivity index (χ0v) is 21.8. The maximum Gasteiger partial charge on any atom is 0.224 e. The van der Waals surface area contributed by atoms with Crippen LogP contribution in [0, 0.1) is 0 Å². The third-order valence-electron chi connectivity index (χ3n) is 6.20. The summed E-state index contributed by atoms with van der Waals surface area (Å²) in [7, 11) is 1.58. The van der Waals surface area contributed by atoms with Crippen LogP contribution >= 0.6 is 23.8 Å². The molecule has 37 heavy (non-hydrogen) atoms. The number of pyridine rings is 2. The van der Waals surface area contributed by atoms with E-state index in [1.54, 1.807) is 26.4 Å². The summed E-state index contributed by atoms with van der Waals surface area (Å²) in [4.78, 5) is 23.2. The number of carbonyl (C=O) groups excluding carboxylic acids is 1. The van der Waals surface area contributed by atoms with Crippen LogP contribution in [0.25, 0.3) is 5.82 Å². The van der Waals surface area contributed by atoms with Gasteiger partial charge in [-0.25, -0.2) is 4.98 Å². The van der Waals surface area contributed by atoms with Gasteiger partial charge in [-0.2, -0.15) is 0 Å². The highest BCUT2D eigenvalue weighted by atomic mass is 35.5. The summed E-state index contributed by atoms with van der Waals surface area (Å²) >= 11 is 12.0. The minimum absolute atomic E-state index is 0.0919. The van der Waals surface area contributed by atoms with E-state index in [1.807, 2.05) is 76.3 Å². The fourth-order valence-electron chi connectivity index (χ4n) is 4.46. The van der Waals surface area contributed by atoms with Gasteiger partial charge in [0.1, 0.15) is 17.6 Å². The number of amides is 1. The van der Waals surface area contributed by atoms with E-state index in [1.165, 1.54) is 0 Å². The van der Waals surface area contributed by atoms with Crippen LogP contribution < -0.4 is 20.3 Å². The van der Waals surface area contributed by atoms with Crippen LogP contribution in [0.15, 0.2) is 79.3 Å². The van der Waals surface area contributed by atoms with Crippen molar-refractivity contribution in [2.45, 2.75) is 25.4 Å². The molecule has 0 spiro atoms. The Bertz CT molecular complexity index is 1430. The third-order valence-corrected chi connectivity index (χ3v) is 6.74. The molecule has 1 amide bonds. The molecule has 1 aliphatic heterocycles. The summed E-state index contributed by atoms with van der Waals surface area (Å²) < 4.78 is 7.64. The van der Waals surface area contributed by atoms with Crippen LogP contribution in [0.1, 0.15) is 36.8 Å². The molecular formula is C27H25ClN6O2S. The zero-order chi connectivity index (χ0) is 25.9. The number of rotatable bonds is 7. The Morgan fingerprint density at radius 1 is 1.16 bits per heavy atom. The Morgan fingerprint density at radius 3 is 2.73 bits per heavy atom. The van der Waals surface area contributed by atoms with Crippen LogP contribution in [0.4, 0.5) is 11.4 Å². The Kier molecular flexibility index (Phi) is 7.07. The Morgan fingerprint density at radius 2 is 2.03 bits per heavy atom. The van der Waals surface area contributed by atoms with E-state index in [9.17, 15) is 4.79 Å². The molecule has 1 aromatic carbocycles. The molecule has 0 unspecified atom stereocenters. The van der Waals surface area contributed by atoms with E-state index < -0.39 is 0 Å². The van der Waals surface area contributed by atoms with Gasteiger partial charge in [-0.05, 0) is 60.7 Å². The number of thiocarbonyl (C=S) groups is 1. The van der Waals surface area contributed by atoms with E-state index in [-0.39, 0.29) is 18.0 Å². The van der Waals surface area contributed by atoms with Gasteiger partial charge in [0.25, 0.3) is 0 Å². The fraction of sp³-hybridized carbons (Fsp3) is 0.185. The van der Waals surface area contributed by atoms with Crippen molar-refractivity contribution in [3.63, 3.8) is 0 Å². The molecule has 5 rings (SSSR count). The fourth-order valence-corrected chi connectivity index (χ4v) is 4.92. The minimum atomic E-state index is -0.268. The molecular weight excluding hydrogens is 508 g/mol. The largest absolute Gasteiger partial charge is 0.494 e. The van der Waals surface area contributed by atoms with Gasteiger partial charge in [-0.1, -0.05) is 24.6 Å². The maximum atomic E-state index is 12.0. The summed E-state index contributed by atoms with van der Waals surface area (Å²) in [6.45, 7) is 1.80. The van der Waals surface area contributed by atoms with Gasteiger partial charge in [0.15, 0.2) is 5.11 Å². The second-order valence-corrected chi connectivity index (χ2v) is 9.24. The Balaban J connectivity index is 1.62. The molecule has 4 heterocycles. The molecule has 2 N–H and O–H groups in total. The first-order chi connectivity index (χ1) is 18.0. The van der Waals surface area contributed by atoms with E-state index in [2.05, 4.69) is 20.6 Å². The summed E-state index contributed by atoms with van der Waals surface area (Å²) in [5.41, 5.74) is 3.22. The lowest BCUT2D eigenvalue weighted by molar-refractivity contribution is -0.115. The van der Waals surface area contributed by atoms with Gasteiger partial charge < -0.3 is 24.8 Å². The van der Waals surface area contributed by atoms with Crippen LogP contribution in [-0.4, -0.2) is 32.7 Å². The van der Waals surface area contributed by atoms with E-state index in [0.717, 1.165) is 22.9 Å². The average molecular weight is 533 g/mol. The molecule has 2 atom stereocenters. The second kappa shape index (κ2) is 10.6. The Labute approximate surface area is 225 Å². The lowest BCUT2D eigenvalue weighted by Gasteiger charge is -2.29. The first-order valence-corrected chi connectivity index (χ1v) is 12.6. The predicted octanol–water partition coefficient (Wildman–Crippen LogP) is 5.45. The number of aromatic nitrogens is 3. The molecule has 1 fully saturated rings. The molecule has 4 aromatic rings.